The second-order valence-corrected chi connectivity index (χ2v) is 4.52. The molecule has 2 rings (SSSR count). The van der Waals surface area contributed by atoms with Crippen LogP contribution in [-0.2, 0) is 0 Å². The Morgan fingerprint density at radius 1 is 1.44 bits per heavy atom. The van der Waals surface area contributed by atoms with Gasteiger partial charge in [-0.2, -0.15) is 0 Å². The minimum atomic E-state index is -0.380. The molecule has 16 heavy (non-hydrogen) atoms. The van der Waals surface area contributed by atoms with E-state index in [1.807, 2.05) is 19.9 Å². The number of hydrogen-bond donors (Lipinski definition) is 1. The first kappa shape index (κ1) is 10.7. The van der Waals surface area contributed by atoms with E-state index < -0.39 is 0 Å². The van der Waals surface area contributed by atoms with Crippen molar-refractivity contribution < 1.29 is 14.6 Å². The molecular weight excluding hydrogens is 204 g/mol. The highest BCUT2D eigenvalue weighted by molar-refractivity contribution is 5.86. The van der Waals surface area contributed by atoms with Gasteiger partial charge in [-0.25, -0.2) is 0 Å². The van der Waals surface area contributed by atoms with Crippen molar-refractivity contribution in [2.45, 2.75) is 26.4 Å². The highest BCUT2D eigenvalue weighted by Gasteiger charge is 2.25. The lowest BCUT2D eigenvalue weighted by Gasteiger charge is -2.28. The molecule has 0 aliphatic carbocycles. The van der Waals surface area contributed by atoms with E-state index in [4.69, 9.17) is 4.74 Å². The highest BCUT2D eigenvalue weighted by Crippen LogP contribution is 2.39. The van der Waals surface area contributed by atoms with Crippen LogP contribution in [-0.4, -0.2) is 17.0 Å². The normalized spacial score (nSPS) is 16.4. The van der Waals surface area contributed by atoms with Crippen LogP contribution in [0.3, 0.4) is 0 Å². The Kier molecular flexibility index (Phi) is 2.26. The number of aldehydes is 1. The highest BCUT2D eigenvalue weighted by atomic mass is 16.5. The Morgan fingerprint density at radius 2 is 2.12 bits per heavy atom. The number of benzene rings is 1. The van der Waals surface area contributed by atoms with Gasteiger partial charge < -0.3 is 9.84 Å². The van der Waals surface area contributed by atoms with Gasteiger partial charge in [0.1, 0.15) is 17.1 Å². The third-order valence-corrected chi connectivity index (χ3v) is 2.69. The molecule has 1 aromatic carbocycles. The SMILES string of the molecule is Cc1cc2c(c(O)c1C=O)C=CC(C)(C)O2. The summed E-state index contributed by atoms with van der Waals surface area (Å²) in [5, 5.41) is 9.92. The Labute approximate surface area is 94.4 Å². The number of phenolic OH excluding ortho intramolecular Hbond substituents is 1. The molecule has 84 valence electrons. The molecule has 0 aromatic heterocycles. The molecule has 0 saturated carbocycles. The van der Waals surface area contributed by atoms with E-state index in [1.165, 1.54) is 0 Å². The maximum absolute atomic E-state index is 10.8. The number of aryl methyl sites for hydroxylation is 1. The lowest BCUT2D eigenvalue weighted by atomic mass is 9.97. The maximum Gasteiger partial charge on any atom is 0.154 e. The van der Waals surface area contributed by atoms with E-state index in [0.717, 1.165) is 5.56 Å². The fraction of sp³-hybridized carbons (Fsp3) is 0.308. The van der Waals surface area contributed by atoms with E-state index in [9.17, 15) is 9.90 Å². The zero-order valence-electron chi connectivity index (χ0n) is 9.57. The second-order valence-electron chi connectivity index (χ2n) is 4.52. The van der Waals surface area contributed by atoms with E-state index >= 15 is 0 Å². The molecule has 1 heterocycles. The third-order valence-electron chi connectivity index (χ3n) is 2.69. The Bertz CT molecular complexity index is 484. The van der Waals surface area contributed by atoms with Crippen molar-refractivity contribution in [3.05, 3.63) is 28.8 Å². The number of carbonyl (C=O) groups is 1. The number of ether oxygens (including phenoxy) is 1. The molecule has 1 aliphatic heterocycles. The van der Waals surface area contributed by atoms with Gasteiger partial charge in [0.2, 0.25) is 0 Å². The van der Waals surface area contributed by atoms with Crippen LogP contribution in [0.1, 0.15) is 35.3 Å². The molecule has 0 bridgehead atoms. The van der Waals surface area contributed by atoms with Gasteiger partial charge in [-0.05, 0) is 44.6 Å². The van der Waals surface area contributed by atoms with Crippen molar-refractivity contribution in [3.8, 4) is 11.5 Å². The number of aromatic hydroxyl groups is 1. The first-order chi connectivity index (χ1) is 7.44. The summed E-state index contributed by atoms with van der Waals surface area (Å²) in [6.07, 6.45) is 4.32. The van der Waals surface area contributed by atoms with Crippen molar-refractivity contribution in [2.75, 3.05) is 0 Å². The molecule has 0 radical (unpaired) electrons. The van der Waals surface area contributed by atoms with Gasteiger partial charge in [-0.3, -0.25) is 4.79 Å². The lowest BCUT2D eigenvalue weighted by Crippen LogP contribution is -2.27. The van der Waals surface area contributed by atoms with Crippen molar-refractivity contribution in [1.29, 1.82) is 0 Å². The number of phenols is 1. The second kappa shape index (κ2) is 3.37. The topological polar surface area (TPSA) is 46.5 Å². The average molecular weight is 218 g/mol. The quantitative estimate of drug-likeness (QED) is 0.737. The zero-order chi connectivity index (χ0) is 11.9. The Balaban J connectivity index is 2.65. The first-order valence-corrected chi connectivity index (χ1v) is 5.14. The number of fused-ring (bicyclic) bond motifs is 1. The van der Waals surface area contributed by atoms with Crippen molar-refractivity contribution in [2.24, 2.45) is 0 Å². The molecule has 3 heteroatoms. The summed E-state index contributed by atoms with van der Waals surface area (Å²) in [5.41, 5.74) is 1.24. The van der Waals surface area contributed by atoms with Crippen LogP contribution in [0.4, 0.5) is 0 Å². The summed E-state index contributed by atoms with van der Waals surface area (Å²) in [6, 6.07) is 1.78. The van der Waals surface area contributed by atoms with Crippen LogP contribution in [0.25, 0.3) is 6.08 Å². The van der Waals surface area contributed by atoms with Crippen LogP contribution < -0.4 is 4.74 Å². The lowest BCUT2D eigenvalue weighted by molar-refractivity contribution is 0.112. The average Bonchev–Trinajstić information content (AvgIpc) is 2.16. The summed E-state index contributed by atoms with van der Waals surface area (Å²) < 4.78 is 5.72. The fourth-order valence-corrected chi connectivity index (χ4v) is 1.80. The Hall–Kier alpha value is -1.77. The maximum atomic E-state index is 10.8. The fourth-order valence-electron chi connectivity index (χ4n) is 1.80. The minimum Gasteiger partial charge on any atom is -0.506 e. The predicted molar refractivity (Wildman–Crippen MR) is 62.0 cm³/mol. The van der Waals surface area contributed by atoms with E-state index in [0.29, 0.717) is 23.2 Å². The first-order valence-electron chi connectivity index (χ1n) is 5.14. The molecule has 0 amide bonds. The molecule has 1 N–H and O–H groups in total. The summed E-state index contributed by atoms with van der Waals surface area (Å²) in [4.78, 5) is 10.8. The van der Waals surface area contributed by atoms with Crippen LogP contribution in [0.15, 0.2) is 12.1 Å². The number of hydrogen-bond acceptors (Lipinski definition) is 3. The van der Waals surface area contributed by atoms with Crippen LogP contribution in [0, 0.1) is 6.92 Å². The smallest absolute Gasteiger partial charge is 0.154 e. The van der Waals surface area contributed by atoms with Gasteiger partial charge in [0.15, 0.2) is 6.29 Å². The molecule has 0 spiro atoms. The van der Waals surface area contributed by atoms with Gasteiger partial charge in [0, 0.05) is 0 Å². The molecular formula is C13H14O3. The van der Waals surface area contributed by atoms with Crippen molar-refractivity contribution >= 4 is 12.4 Å². The van der Waals surface area contributed by atoms with Crippen LogP contribution in [0.2, 0.25) is 0 Å². The standard InChI is InChI=1S/C13H14O3/c1-8-6-11-9(12(15)10(8)7-14)4-5-13(2,3)16-11/h4-7,15H,1-3H3. The van der Waals surface area contributed by atoms with Crippen LogP contribution in [0.5, 0.6) is 11.5 Å². The van der Waals surface area contributed by atoms with Gasteiger partial charge in [-0.1, -0.05) is 0 Å². The zero-order valence-corrected chi connectivity index (χ0v) is 9.57. The van der Waals surface area contributed by atoms with Gasteiger partial charge >= 0.3 is 0 Å². The molecule has 0 atom stereocenters. The molecule has 3 nitrogen and oxygen atoms in total. The molecule has 0 saturated heterocycles. The van der Waals surface area contributed by atoms with E-state index in [2.05, 4.69) is 0 Å². The largest absolute Gasteiger partial charge is 0.506 e. The Morgan fingerprint density at radius 3 is 2.75 bits per heavy atom. The summed E-state index contributed by atoms with van der Waals surface area (Å²) in [5.74, 6) is 0.616. The van der Waals surface area contributed by atoms with E-state index in [-0.39, 0.29) is 11.4 Å². The molecule has 0 unspecified atom stereocenters. The minimum absolute atomic E-state index is 0.00301. The van der Waals surface area contributed by atoms with Crippen molar-refractivity contribution in [3.63, 3.8) is 0 Å². The van der Waals surface area contributed by atoms with Gasteiger partial charge in [0.25, 0.3) is 0 Å². The van der Waals surface area contributed by atoms with Gasteiger partial charge in [-0.15, -0.1) is 0 Å². The predicted octanol–water partition coefficient (Wildman–Crippen LogP) is 2.70. The molecule has 0 fully saturated rings. The monoisotopic (exact) mass is 218 g/mol. The summed E-state index contributed by atoms with van der Waals surface area (Å²) in [6.45, 7) is 5.65. The number of carbonyl (C=O) groups excluding carboxylic acids is 1. The number of rotatable bonds is 1. The summed E-state index contributed by atoms with van der Waals surface area (Å²) in [7, 11) is 0. The molecule has 1 aromatic rings. The van der Waals surface area contributed by atoms with Crippen LogP contribution >= 0.6 is 0 Å². The van der Waals surface area contributed by atoms with E-state index in [1.54, 1.807) is 19.1 Å². The third kappa shape index (κ3) is 1.58. The van der Waals surface area contributed by atoms with Gasteiger partial charge in [0.05, 0.1) is 11.1 Å². The molecule has 1 aliphatic rings. The van der Waals surface area contributed by atoms with Crippen molar-refractivity contribution in [1.82, 2.24) is 0 Å². The summed E-state index contributed by atoms with van der Waals surface area (Å²) >= 11 is 0.